The first-order valence-electron chi connectivity index (χ1n) is 6.55. The molecule has 0 heterocycles. The van der Waals surface area contributed by atoms with Crippen LogP contribution in [0.1, 0.15) is 10.4 Å². The quantitative estimate of drug-likeness (QED) is 0.639. The number of amides is 1. The second-order valence-electron chi connectivity index (χ2n) is 4.62. The predicted molar refractivity (Wildman–Crippen MR) is 83.7 cm³/mol. The maximum Gasteiger partial charge on any atom is 0.306 e. The lowest BCUT2D eigenvalue weighted by molar-refractivity contribution is -0.387. The van der Waals surface area contributed by atoms with Gasteiger partial charge in [0, 0.05) is 30.4 Å². The summed E-state index contributed by atoms with van der Waals surface area (Å²) in [5.74, 6) is -1.76. The Hall–Kier alpha value is -3.56. The molecular formula is C14H11FN4O5. The third-order valence-electron chi connectivity index (χ3n) is 3.13. The molecule has 9 nitrogen and oxygen atoms in total. The van der Waals surface area contributed by atoms with Crippen molar-refractivity contribution in [2.75, 3.05) is 17.7 Å². The van der Waals surface area contributed by atoms with Gasteiger partial charge >= 0.3 is 5.69 Å². The fourth-order valence-corrected chi connectivity index (χ4v) is 1.97. The Morgan fingerprint density at radius 1 is 1.04 bits per heavy atom. The molecule has 2 rings (SSSR count). The lowest BCUT2D eigenvalue weighted by Gasteiger charge is -2.07. The number of anilines is 2. The summed E-state index contributed by atoms with van der Waals surface area (Å²) >= 11 is 0. The number of nitrogens with zero attached hydrogens (tertiary/aromatic N) is 2. The Morgan fingerprint density at radius 2 is 1.71 bits per heavy atom. The number of hydrogen-bond donors (Lipinski definition) is 2. The van der Waals surface area contributed by atoms with Gasteiger partial charge in [0.25, 0.3) is 11.6 Å². The van der Waals surface area contributed by atoms with Crippen molar-refractivity contribution in [3.63, 3.8) is 0 Å². The zero-order chi connectivity index (χ0) is 17.9. The minimum atomic E-state index is -1.04. The lowest BCUT2D eigenvalue weighted by atomic mass is 10.1. The first-order valence-corrected chi connectivity index (χ1v) is 6.55. The van der Waals surface area contributed by atoms with Crippen LogP contribution in [0.25, 0.3) is 0 Å². The van der Waals surface area contributed by atoms with E-state index in [9.17, 15) is 29.4 Å². The first-order chi connectivity index (χ1) is 11.3. The van der Waals surface area contributed by atoms with E-state index >= 15 is 0 Å². The molecule has 2 N–H and O–H groups in total. The fourth-order valence-electron chi connectivity index (χ4n) is 1.97. The van der Waals surface area contributed by atoms with Crippen LogP contribution in [0.3, 0.4) is 0 Å². The molecule has 0 aliphatic carbocycles. The van der Waals surface area contributed by atoms with Gasteiger partial charge in [-0.05, 0) is 24.3 Å². The molecule has 124 valence electrons. The van der Waals surface area contributed by atoms with E-state index in [0.29, 0.717) is 0 Å². The van der Waals surface area contributed by atoms with E-state index in [-0.39, 0.29) is 22.6 Å². The maximum absolute atomic E-state index is 13.3. The molecule has 0 unspecified atom stereocenters. The Balaban J connectivity index is 2.30. The van der Waals surface area contributed by atoms with E-state index in [1.807, 2.05) is 0 Å². The van der Waals surface area contributed by atoms with Gasteiger partial charge < -0.3 is 10.6 Å². The van der Waals surface area contributed by atoms with Crippen molar-refractivity contribution in [2.45, 2.75) is 0 Å². The highest BCUT2D eigenvalue weighted by Crippen LogP contribution is 2.26. The zero-order valence-electron chi connectivity index (χ0n) is 12.3. The monoisotopic (exact) mass is 334 g/mol. The van der Waals surface area contributed by atoms with Crippen molar-refractivity contribution in [2.24, 2.45) is 0 Å². The van der Waals surface area contributed by atoms with Gasteiger partial charge in [0.2, 0.25) is 5.82 Å². The van der Waals surface area contributed by atoms with E-state index in [4.69, 9.17) is 0 Å². The number of halogens is 1. The summed E-state index contributed by atoms with van der Waals surface area (Å²) in [4.78, 5) is 32.2. The smallest absolute Gasteiger partial charge is 0.306 e. The topological polar surface area (TPSA) is 127 Å². The molecule has 0 aliphatic heterocycles. The molecular weight excluding hydrogens is 323 g/mol. The predicted octanol–water partition coefficient (Wildman–Crippen LogP) is 2.94. The van der Waals surface area contributed by atoms with Crippen molar-refractivity contribution >= 4 is 28.7 Å². The van der Waals surface area contributed by atoms with Crippen LogP contribution in [0.4, 0.5) is 27.1 Å². The zero-order valence-corrected chi connectivity index (χ0v) is 12.3. The fraction of sp³-hybridized carbons (Fsp3) is 0.0714. The molecule has 0 spiro atoms. The molecule has 0 saturated heterocycles. The van der Waals surface area contributed by atoms with Crippen LogP contribution in [-0.2, 0) is 0 Å². The van der Waals surface area contributed by atoms with E-state index in [1.54, 1.807) is 0 Å². The van der Waals surface area contributed by atoms with Crippen LogP contribution in [0.15, 0.2) is 36.4 Å². The summed E-state index contributed by atoms with van der Waals surface area (Å²) in [5.41, 5.74) is -0.880. The number of nitro benzene ring substituents is 2. The highest BCUT2D eigenvalue weighted by Gasteiger charge is 2.19. The highest BCUT2D eigenvalue weighted by atomic mass is 19.1. The van der Waals surface area contributed by atoms with Gasteiger partial charge in [-0.1, -0.05) is 0 Å². The average Bonchev–Trinajstić information content (AvgIpc) is 2.55. The number of carbonyl (C=O) groups excluding carboxylic acids is 1. The third kappa shape index (κ3) is 3.43. The molecule has 0 bridgehead atoms. The molecule has 0 atom stereocenters. The van der Waals surface area contributed by atoms with E-state index in [1.165, 1.54) is 19.2 Å². The summed E-state index contributed by atoms with van der Waals surface area (Å²) < 4.78 is 13.3. The van der Waals surface area contributed by atoms with Crippen molar-refractivity contribution in [1.82, 2.24) is 0 Å². The standard InChI is InChI=1S/C14H11FN4O5/c1-16-11-5-2-8(6-13(11)19(23)24)14(20)17-9-3-4-10(15)12(7-9)18(21)22/h2-7,16H,1H3,(H,17,20). The number of nitro groups is 2. The van der Waals surface area contributed by atoms with Gasteiger partial charge in [0.15, 0.2) is 0 Å². The van der Waals surface area contributed by atoms with Crippen LogP contribution < -0.4 is 10.6 Å². The number of hydrogen-bond acceptors (Lipinski definition) is 6. The van der Waals surface area contributed by atoms with Crippen LogP contribution in [0.5, 0.6) is 0 Å². The van der Waals surface area contributed by atoms with Crippen LogP contribution in [0.2, 0.25) is 0 Å². The van der Waals surface area contributed by atoms with E-state index in [2.05, 4.69) is 10.6 Å². The van der Waals surface area contributed by atoms with Crippen LogP contribution >= 0.6 is 0 Å². The SMILES string of the molecule is CNc1ccc(C(=O)Nc2ccc(F)c([N+](=O)[O-])c2)cc1[N+](=O)[O-]. The molecule has 0 saturated carbocycles. The number of rotatable bonds is 5. The Morgan fingerprint density at radius 3 is 2.29 bits per heavy atom. The summed E-state index contributed by atoms with van der Waals surface area (Å²) in [6.07, 6.45) is 0. The molecule has 0 radical (unpaired) electrons. The molecule has 2 aromatic carbocycles. The van der Waals surface area contributed by atoms with Gasteiger partial charge in [0.1, 0.15) is 5.69 Å². The molecule has 1 amide bonds. The van der Waals surface area contributed by atoms with Crippen molar-refractivity contribution in [3.8, 4) is 0 Å². The number of nitrogens with one attached hydrogen (secondary N) is 2. The summed E-state index contributed by atoms with van der Waals surface area (Å²) in [6.45, 7) is 0. The molecule has 0 fully saturated rings. The number of carbonyl (C=O) groups is 1. The minimum absolute atomic E-state index is 0.00607. The number of benzene rings is 2. The van der Waals surface area contributed by atoms with Crippen molar-refractivity contribution < 1.29 is 19.0 Å². The third-order valence-corrected chi connectivity index (χ3v) is 3.13. The Kier molecular flexibility index (Phi) is 4.68. The summed E-state index contributed by atoms with van der Waals surface area (Å²) in [7, 11) is 1.50. The highest BCUT2D eigenvalue weighted by molar-refractivity contribution is 6.05. The molecule has 10 heteroatoms. The molecule has 0 aromatic heterocycles. The average molecular weight is 334 g/mol. The largest absolute Gasteiger partial charge is 0.383 e. The second-order valence-corrected chi connectivity index (χ2v) is 4.62. The first kappa shape index (κ1) is 16.8. The minimum Gasteiger partial charge on any atom is -0.383 e. The van der Waals surface area contributed by atoms with Crippen LogP contribution in [-0.4, -0.2) is 22.8 Å². The van der Waals surface area contributed by atoms with E-state index in [0.717, 1.165) is 24.3 Å². The van der Waals surface area contributed by atoms with Gasteiger partial charge in [-0.3, -0.25) is 25.0 Å². The summed E-state index contributed by atoms with van der Waals surface area (Å²) in [6, 6.07) is 6.64. The second kappa shape index (κ2) is 6.69. The summed E-state index contributed by atoms with van der Waals surface area (Å²) in [5, 5.41) is 26.6. The van der Waals surface area contributed by atoms with Gasteiger partial charge in [-0.2, -0.15) is 4.39 Å². The van der Waals surface area contributed by atoms with Crippen LogP contribution in [0, 0.1) is 26.0 Å². The van der Waals surface area contributed by atoms with Gasteiger partial charge in [-0.25, -0.2) is 0 Å². The van der Waals surface area contributed by atoms with Gasteiger partial charge in [-0.15, -0.1) is 0 Å². The normalized spacial score (nSPS) is 10.1. The Labute approximate surface area is 134 Å². The van der Waals surface area contributed by atoms with Gasteiger partial charge in [0.05, 0.1) is 9.85 Å². The maximum atomic E-state index is 13.3. The molecule has 24 heavy (non-hydrogen) atoms. The van der Waals surface area contributed by atoms with Crippen molar-refractivity contribution in [1.29, 1.82) is 0 Å². The Bertz CT molecular complexity index is 840. The van der Waals surface area contributed by atoms with E-state index < -0.39 is 27.3 Å². The molecule has 0 aliphatic rings. The molecule has 2 aromatic rings. The van der Waals surface area contributed by atoms with Crippen molar-refractivity contribution in [3.05, 3.63) is 68.0 Å². The lowest BCUT2D eigenvalue weighted by Crippen LogP contribution is -2.13.